The number of hydrogen-bond donors (Lipinski definition) is 0. The molecule has 1 aromatic rings. The molecule has 0 saturated carbocycles. The summed E-state index contributed by atoms with van der Waals surface area (Å²) in [4.78, 5) is 0. The van der Waals surface area contributed by atoms with Crippen molar-refractivity contribution in [2.75, 3.05) is 7.05 Å². The summed E-state index contributed by atoms with van der Waals surface area (Å²) in [6.45, 7) is 3.67. The molecule has 2 rings (SSSR count). The summed E-state index contributed by atoms with van der Waals surface area (Å²) in [5, 5.41) is 3.62. The van der Waals surface area contributed by atoms with Gasteiger partial charge in [0, 0.05) is 19.0 Å². The van der Waals surface area contributed by atoms with Crippen LogP contribution >= 0.6 is 0 Å². The zero-order chi connectivity index (χ0) is 13.3. The van der Waals surface area contributed by atoms with E-state index in [0.29, 0.717) is 6.54 Å². The molecule has 1 heterocycles. The maximum atomic E-state index is 12.0. The van der Waals surface area contributed by atoms with Crippen molar-refractivity contribution in [3.63, 3.8) is 0 Å². The predicted molar refractivity (Wildman–Crippen MR) is 68.7 cm³/mol. The molecule has 6 heteroatoms. The van der Waals surface area contributed by atoms with Gasteiger partial charge in [-0.3, -0.25) is 0 Å². The SMILES string of the molecule is CC(C)S(=O)(=O)N(C)Cc1noc2c1CCCC2. The highest BCUT2D eigenvalue weighted by molar-refractivity contribution is 7.89. The molecular weight excluding hydrogens is 252 g/mol. The van der Waals surface area contributed by atoms with Crippen molar-refractivity contribution in [1.29, 1.82) is 0 Å². The number of nitrogens with zero attached hydrogens (tertiary/aromatic N) is 2. The van der Waals surface area contributed by atoms with Crippen LogP contribution < -0.4 is 0 Å². The number of aryl methyl sites for hydroxylation is 1. The van der Waals surface area contributed by atoms with E-state index in [-0.39, 0.29) is 0 Å². The first-order valence-electron chi connectivity index (χ1n) is 6.34. The molecule has 0 fully saturated rings. The van der Waals surface area contributed by atoms with Crippen molar-refractivity contribution >= 4 is 10.0 Å². The second-order valence-corrected chi connectivity index (χ2v) is 7.68. The van der Waals surface area contributed by atoms with Crippen LogP contribution in [0.2, 0.25) is 0 Å². The minimum atomic E-state index is -3.23. The summed E-state index contributed by atoms with van der Waals surface area (Å²) in [6, 6.07) is 0. The minimum absolute atomic E-state index is 0.305. The first-order chi connectivity index (χ1) is 8.43. The van der Waals surface area contributed by atoms with E-state index in [4.69, 9.17) is 4.52 Å². The van der Waals surface area contributed by atoms with E-state index < -0.39 is 15.3 Å². The summed E-state index contributed by atoms with van der Waals surface area (Å²) in [7, 11) is -1.63. The molecule has 5 nitrogen and oxygen atoms in total. The third-order valence-corrected chi connectivity index (χ3v) is 5.62. The topological polar surface area (TPSA) is 63.4 Å². The molecule has 0 spiro atoms. The van der Waals surface area contributed by atoms with Crippen molar-refractivity contribution in [2.45, 2.75) is 51.3 Å². The summed E-state index contributed by atoms with van der Waals surface area (Å²) >= 11 is 0. The standard InChI is InChI=1S/C12H20N2O3S/c1-9(2)18(15,16)14(3)8-11-10-6-4-5-7-12(10)17-13-11/h9H,4-8H2,1-3H3. The third-order valence-electron chi connectivity index (χ3n) is 3.43. The normalized spacial score (nSPS) is 16.3. The maximum absolute atomic E-state index is 12.0. The van der Waals surface area contributed by atoms with Crippen LogP contribution in [0.4, 0.5) is 0 Å². The lowest BCUT2D eigenvalue weighted by molar-refractivity contribution is 0.360. The van der Waals surface area contributed by atoms with E-state index in [1.807, 2.05) is 0 Å². The van der Waals surface area contributed by atoms with Gasteiger partial charge < -0.3 is 4.52 Å². The number of rotatable bonds is 4. The van der Waals surface area contributed by atoms with E-state index in [2.05, 4.69) is 5.16 Å². The zero-order valence-corrected chi connectivity index (χ0v) is 12.0. The Morgan fingerprint density at radius 1 is 1.33 bits per heavy atom. The van der Waals surface area contributed by atoms with Gasteiger partial charge in [0.2, 0.25) is 10.0 Å². The first-order valence-corrected chi connectivity index (χ1v) is 7.84. The summed E-state index contributed by atoms with van der Waals surface area (Å²) in [5.74, 6) is 0.937. The van der Waals surface area contributed by atoms with Crippen LogP contribution in [-0.2, 0) is 29.4 Å². The van der Waals surface area contributed by atoms with Crippen molar-refractivity contribution in [2.24, 2.45) is 0 Å². The summed E-state index contributed by atoms with van der Waals surface area (Å²) < 4.78 is 30.6. The molecule has 0 amide bonds. The van der Waals surface area contributed by atoms with E-state index >= 15 is 0 Å². The maximum Gasteiger partial charge on any atom is 0.216 e. The van der Waals surface area contributed by atoms with Crippen LogP contribution in [0.5, 0.6) is 0 Å². The third kappa shape index (κ3) is 2.44. The second-order valence-electron chi connectivity index (χ2n) is 5.09. The monoisotopic (exact) mass is 272 g/mol. The van der Waals surface area contributed by atoms with Crippen molar-refractivity contribution < 1.29 is 12.9 Å². The fourth-order valence-electron chi connectivity index (χ4n) is 2.23. The molecule has 0 aromatic carbocycles. The number of hydrogen-bond acceptors (Lipinski definition) is 4. The summed E-state index contributed by atoms with van der Waals surface area (Å²) in [6.07, 6.45) is 4.12. The van der Waals surface area contributed by atoms with Gasteiger partial charge in [0.15, 0.2) is 0 Å². The van der Waals surface area contributed by atoms with Crippen LogP contribution in [-0.4, -0.2) is 30.2 Å². The lowest BCUT2D eigenvalue weighted by Crippen LogP contribution is -2.33. The Hall–Kier alpha value is -0.880. The molecule has 0 radical (unpaired) electrons. The van der Waals surface area contributed by atoms with Gasteiger partial charge in [0.1, 0.15) is 11.5 Å². The Bertz CT molecular complexity index is 519. The molecular formula is C12H20N2O3S. The van der Waals surface area contributed by atoms with Crippen LogP contribution in [0.15, 0.2) is 4.52 Å². The second kappa shape index (κ2) is 5.01. The first kappa shape index (κ1) is 13.5. The number of fused-ring (bicyclic) bond motifs is 1. The van der Waals surface area contributed by atoms with Gasteiger partial charge in [-0.05, 0) is 33.1 Å². The molecule has 0 atom stereocenters. The van der Waals surface area contributed by atoms with Crippen LogP contribution in [0, 0.1) is 0 Å². The zero-order valence-electron chi connectivity index (χ0n) is 11.1. The van der Waals surface area contributed by atoms with Gasteiger partial charge in [-0.2, -0.15) is 4.31 Å². The van der Waals surface area contributed by atoms with Gasteiger partial charge >= 0.3 is 0 Å². The smallest absolute Gasteiger partial charge is 0.216 e. The molecule has 0 N–H and O–H groups in total. The van der Waals surface area contributed by atoms with Gasteiger partial charge in [0.05, 0.1) is 11.8 Å². The molecule has 18 heavy (non-hydrogen) atoms. The van der Waals surface area contributed by atoms with Gasteiger partial charge in [-0.25, -0.2) is 8.42 Å². The van der Waals surface area contributed by atoms with Crippen LogP contribution in [0.3, 0.4) is 0 Å². The molecule has 0 bridgehead atoms. The minimum Gasteiger partial charge on any atom is -0.361 e. The fraction of sp³-hybridized carbons (Fsp3) is 0.750. The fourth-order valence-corrected chi connectivity index (χ4v) is 3.26. The van der Waals surface area contributed by atoms with Gasteiger partial charge in [-0.1, -0.05) is 5.16 Å². The highest BCUT2D eigenvalue weighted by Crippen LogP contribution is 2.25. The molecule has 102 valence electrons. The Balaban J connectivity index is 2.17. The highest BCUT2D eigenvalue weighted by atomic mass is 32.2. The molecule has 0 saturated heterocycles. The van der Waals surface area contributed by atoms with E-state index in [1.165, 1.54) is 4.31 Å². The Kier molecular flexibility index (Phi) is 3.77. The van der Waals surface area contributed by atoms with E-state index in [1.54, 1.807) is 20.9 Å². The van der Waals surface area contributed by atoms with Gasteiger partial charge in [0.25, 0.3) is 0 Å². The van der Waals surface area contributed by atoms with Gasteiger partial charge in [-0.15, -0.1) is 0 Å². The average Bonchev–Trinajstić information content (AvgIpc) is 2.72. The van der Waals surface area contributed by atoms with Crippen LogP contribution in [0.1, 0.15) is 43.7 Å². The van der Waals surface area contributed by atoms with E-state index in [0.717, 1.165) is 42.7 Å². The number of sulfonamides is 1. The summed E-state index contributed by atoms with van der Waals surface area (Å²) in [5.41, 5.74) is 1.89. The Morgan fingerprint density at radius 2 is 2.00 bits per heavy atom. The Labute approximate surface area is 108 Å². The molecule has 1 aliphatic carbocycles. The van der Waals surface area contributed by atoms with Crippen molar-refractivity contribution in [1.82, 2.24) is 9.46 Å². The molecule has 0 aliphatic heterocycles. The highest BCUT2D eigenvalue weighted by Gasteiger charge is 2.26. The lowest BCUT2D eigenvalue weighted by atomic mass is 9.96. The largest absolute Gasteiger partial charge is 0.361 e. The van der Waals surface area contributed by atoms with Crippen LogP contribution in [0.25, 0.3) is 0 Å². The van der Waals surface area contributed by atoms with Crippen molar-refractivity contribution in [3.05, 3.63) is 17.0 Å². The number of aromatic nitrogens is 1. The average molecular weight is 272 g/mol. The van der Waals surface area contributed by atoms with E-state index in [9.17, 15) is 8.42 Å². The quantitative estimate of drug-likeness (QED) is 0.837. The molecule has 1 aromatic heterocycles. The molecule has 0 unspecified atom stereocenters. The Morgan fingerprint density at radius 3 is 2.67 bits per heavy atom. The lowest BCUT2D eigenvalue weighted by Gasteiger charge is -2.19. The van der Waals surface area contributed by atoms with Crippen molar-refractivity contribution in [3.8, 4) is 0 Å². The molecule has 1 aliphatic rings. The predicted octanol–water partition coefficient (Wildman–Crippen LogP) is 1.72.